The zero-order valence-corrected chi connectivity index (χ0v) is 18.0. The van der Waals surface area contributed by atoms with E-state index < -0.39 is 11.2 Å². The number of nitrogens with one attached hydrogen (secondary N) is 1. The summed E-state index contributed by atoms with van der Waals surface area (Å²) in [6.07, 6.45) is 0.0711. The molecular formula is C21H20ClN3O4S. The first kappa shape index (κ1) is 21.9. The Morgan fingerprint density at radius 3 is 2.63 bits per heavy atom. The number of rotatable bonds is 5. The van der Waals surface area contributed by atoms with Crippen LogP contribution in [0.3, 0.4) is 0 Å². The number of carbonyl (C=O) groups excluding carboxylic acids is 3. The third-order valence-corrected chi connectivity index (χ3v) is 5.63. The van der Waals surface area contributed by atoms with Crippen molar-refractivity contribution in [2.75, 3.05) is 23.9 Å². The number of imide groups is 1. The SMILES string of the molecule is CCN=C(Nc1ccc(C(=O)OC)cc1)S[C@H]1CC(=O)N(c2cccc(Cl)c2)C1=O. The zero-order chi connectivity index (χ0) is 21.7. The summed E-state index contributed by atoms with van der Waals surface area (Å²) >= 11 is 7.20. The molecule has 2 aromatic rings. The number of hydrogen-bond donors (Lipinski definition) is 1. The second-order valence-corrected chi connectivity index (χ2v) is 7.96. The first-order chi connectivity index (χ1) is 14.4. The van der Waals surface area contributed by atoms with Crippen molar-refractivity contribution >= 4 is 57.7 Å². The smallest absolute Gasteiger partial charge is 0.337 e. The zero-order valence-electron chi connectivity index (χ0n) is 16.4. The van der Waals surface area contributed by atoms with E-state index >= 15 is 0 Å². The maximum atomic E-state index is 12.9. The number of amidine groups is 1. The van der Waals surface area contributed by atoms with E-state index in [1.165, 1.54) is 18.9 Å². The highest BCUT2D eigenvalue weighted by molar-refractivity contribution is 8.15. The number of hydrogen-bond acceptors (Lipinski definition) is 6. The molecule has 0 aliphatic carbocycles. The molecule has 1 heterocycles. The lowest BCUT2D eigenvalue weighted by Crippen LogP contribution is -2.31. The second-order valence-electron chi connectivity index (χ2n) is 6.33. The summed E-state index contributed by atoms with van der Waals surface area (Å²) in [7, 11) is 1.32. The predicted molar refractivity (Wildman–Crippen MR) is 119 cm³/mol. The average Bonchev–Trinajstić information content (AvgIpc) is 3.01. The lowest BCUT2D eigenvalue weighted by Gasteiger charge is -2.16. The van der Waals surface area contributed by atoms with Crippen LogP contribution in [-0.4, -0.2) is 41.9 Å². The first-order valence-corrected chi connectivity index (χ1v) is 10.5. The van der Waals surface area contributed by atoms with Gasteiger partial charge in [0, 0.05) is 23.7 Å². The highest BCUT2D eigenvalue weighted by Crippen LogP contribution is 2.31. The molecule has 0 saturated carbocycles. The van der Waals surface area contributed by atoms with Gasteiger partial charge in [-0.1, -0.05) is 29.4 Å². The summed E-state index contributed by atoms with van der Waals surface area (Å²) in [6, 6.07) is 13.4. The highest BCUT2D eigenvalue weighted by atomic mass is 35.5. The van der Waals surface area contributed by atoms with Gasteiger partial charge in [0.2, 0.25) is 11.8 Å². The Labute approximate surface area is 183 Å². The fraction of sp³-hybridized carbons (Fsp3) is 0.238. The number of methoxy groups -OCH3 is 1. The molecule has 1 N–H and O–H groups in total. The van der Waals surface area contributed by atoms with E-state index in [4.69, 9.17) is 16.3 Å². The summed E-state index contributed by atoms with van der Waals surface area (Å²) in [5, 5.41) is 3.52. The van der Waals surface area contributed by atoms with Crippen LogP contribution in [0.5, 0.6) is 0 Å². The largest absolute Gasteiger partial charge is 0.465 e. The Morgan fingerprint density at radius 2 is 2.00 bits per heavy atom. The molecule has 7 nitrogen and oxygen atoms in total. The normalized spacial score (nSPS) is 16.7. The molecule has 1 aliphatic heterocycles. The van der Waals surface area contributed by atoms with Gasteiger partial charge in [0.05, 0.1) is 18.4 Å². The van der Waals surface area contributed by atoms with E-state index in [0.717, 1.165) is 4.90 Å². The standard InChI is InChI=1S/C21H20ClN3O4S/c1-3-23-21(24-15-9-7-13(8-10-15)20(28)29-2)30-17-12-18(26)25(19(17)27)16-6-4-5-14(22)11-16/h4-11,17H,3,12H2,1-2H3,(H,23,24)/t17-/m0/s1. The summed E-state index contributed by atoms with van der Waals surface area (Å²) in [5.41, 5.74) is 1.59. The van der Waals surface area contributed by atoms with Gasteiger partial charge in [-0.15, -0.1) is 0 Å². The van der Waals surface area contributed by atoms with Crippen LogP contribution in [-0.2, 0) is 14.3 Å². The number of amides is 2. The van der Waals surface area contributed by atoms with Gasteiger partial charge in [0.1, 0.15) is 5.25 Å². The molecule has 1 fully saturated rings. The van der Waals surface area contributed by atoms with Crippen LogP contribution >= 0.6 is 23.4 Å². The minimum absolute atomic E-state index is 0.0711. The molecule has 1 atom stereocenters. The Bertz CT molecular complexity index is 994. The topological polar surface area (TPSA) is 88.1 Å². The van der Waals surface area contributed by atoms with Crippen LogP contribution in [0, 0.1) is 0 Å². The molecule has 3 rings (SSSR count). The molecule has 0 unspecified atom stereocenters. The van der Waals surface area contributed by atoms with Crippen LogP contribution in [0.25, 0.3) is 0 Å². The second kappa shape index (κ2) is 9.77. The summed E-state index contributed by atoms with van der Waals surface area (Å²) in [6.45, 7) is 2.38. The van der Waals surface area contributed by atoms with Crippen LogP contribution in [0.15, 0.2) is 53.5 Å². The van der Waals surface area contributed by atoms with E-state index in [-0.39, 0.29) is 18.2 Å². The van der Waals surface area contributed by atoms with Gasteiger partial charge >= 0.3 is 5.97 Å². The number of esters is 1. The Kier molecular flexibility index (Phi) is 7.12. The fourth-order valence-corrected chi connectivity index (χ4v) is 4.16. The number of nitrogens with zero attached hydrogens (tertiary/aromatic N) is 2. The van der Waals surface area contributed by atoms with Crippen molar-refractivity contribution < 1.29 is 19.1 Å². The van der Waals surface area contributed by atoms with E-state index in [0.29, 0.717) is 33.7 Å². The Balaban J connectivity index is 1.72. The molecule has 1 aliphatic rings. The van der Waals surface area contributed by atoms with Gasteiger partial charge in [-0.25, -0.2) is 9.69 Å². The van der Waals surface area contributed by atoms with E-state index in [2.05, 4.69) is 10.3 Å². The Morgan fingerprint density at radius 1 is 1.27 bits per heavy atom. The summed E-state index contributed by atoms with van der Waals surface area (Å²) < 4.78 is 4.69. The molecular weight excluding hydrogens is 426 g/mol. The Hall–Kier alpha value is -2.84. The minimum Gasteiger partial charge on any atom is -0.465 e. The number of anilines is 2. The molecule has 0 bridgehead atoms. The predicted octanol–water partition coefficient (Wildman–Crippen LogP) is 3.98. The molecule has 1 saturated heterocycles. The molecule has 0 radical (unpaired) electrons. The monoisotopic (exact) mass is 445 g/mol. The van der Waals surface area contributed by atoms with Crippen molar-refractivity contribution in [2.24, 2.45) is 4.99 Å². The van der Waals surface area contributed by atoms with Crippen molar-refractivity contribution in [3.05, 3.63) is 59.1 Å². The van der Waals surface area contributed by atoms with Crippen LogP contribution in [0.2, 0.25) is 5.02 Å². The maximum absolute atomic E-state index is 12.9. The summed E-state index contributed by atoms with van der Waals surface area (Å²) in [4.78, 5) is 42.5. The van der Waals surface area contributed by atoms with Gasteiger partial charge in [0.25, 0.3) is 0 Å². The quantitative estimate of drug-likeness (QED) is 0.324. The van der Waals surface area contributed by atoms with Crippen LogP contribution in [0.4, 0.5) is 11.4 Å². The fourth-order valence-electron chi connectivity index (χ4n) is 2.90. The van der Waals surface area contributed by atoms with Crippen molar-refractivity contribution in [2.45, 2.75) is 18.6 Å². The molecule has 0 spiro atoms. The van der Waals surface area contributed by atoms with Gasteiger partial charge in [-0.3, -0.25) is 14.6 Å². The molecule has 2 amide bonds. The van der Waals surface area contributed by atoms with Gasteiger partial charge in [-0.2, -0.15) is 0 Å². The number of carbonyl (C=O) groups is 3. The van der Waals surface area contributed by atoms with Gasteiger partial charge < -0.3 is 10.1 Å². The van der Waals surface area contributed by atoms with E-state index in [1.807, 2.05) is 6.92 Å². The van der Waals surface area contributed by atoms with Crippen molar-refractivity contribution in [3.8, 4) is 0 Å². The highest BCUT2D eigenvalue weighted by Gasteiger charge is 2.40. The number of ether oxygens (including phenoxy) is 1. The first-order valence-electron chi connectivity index (χ1n) is 9.21. The van der Waals surface area contributed by atoms with Crippen molar-refractivity contribution in [3.63, 3.8) is 0 Å². The lowest BCUT2D eigenvalue weighted by molar-refractivity contribution is -0.121. The third-order valence-electron chi connectivity index (χ3n) is 4.28. The van der Waals surface area contributed by atoms with Crippen LogP contribution in [0.1, 0.15) is 23.7 Å². The molecule has 2 aromatic carbocycles. The number of thioether (sulfide) groups is 1. The summed E-state index contributed by atoms with van der Waals surface area (Å²) in [5.74, 6) is -1.01. The van der Waals surface area contributed by atoms with Gasteiger partial charge in [-0.05, 0) is 49.4 Å². The number of aliphatic imine (C=N–C) groups is 1. The molecule has 156 valence electrons. The van der Waals surface area contributed by atoms with E-state index in [9.17, 15) is 14.4 Å². The average molecular weight is 446 g/mol. The van der Waals surface area contributed by atoms with Crippen molar-refractivity contribution in [1.29, 1.82) is 0 Å². The lowest BCUT2D eigenvalue weighted by atomic mass is 10.2. The number of halogens is 1. The maximum Gasteiger partial charge on any atom is 0.337 e. The van der Waals surface area contributed by atoms with E-state index in [1.54, 1.807) is 48.5 Å². The molecule has 30 heavy (non-hydrogen) atoms. The van der Waals surface area contributed by atoms with Gasteiger partial charge in [0.15, 0.2) is 5.17 Å². The number of benzene rings is 2. The molecule has 0 aromatic heterocycles. The minimum atomic E-state index is -0.594. The van der Waals surface area contributed by atoms with Crippen LogP contribution < -0.4 is 10.2 Å². The third kappa shape index (κ3) is 5.01. The van der Waals surface area contributed by atoms with Crippen molar-refractivity contribution in [1.82, 2.24) is 0 Å². The molecule has 9 heteroatoms.